The van der Waals surface area contributed by atoms with Crippen molar-refractivity contribution in [3.05, 3.63) is 29.3 Å². The van der Waals surface area contributed by atoms with Gasteiger partial charge in [-0.25, -0.2) is 0 Å². The molecule has 1 aromatic rings. The summed E-state index contributed by atoms with van der Waals surface area (Å²) in [5.74, 6) is -0.181. The first kappa shape index (κ1) is 17.0. The van der Waals surface area contributed by atoms with Gasteiger partial charge in [0.05, 0.1) is 6.10 Å². The summed E-state index contributed by atoms with van der Waals surface area (Å²) in [5.41, 5.74) is 0.370. The summed E-state index contributed by atoms with van der Waals surface area (Å²) in [4.78, 5) is 24.9. The predicted octanol–water partition coefficient (Wildman–Crippen LogP) is 2.44. The van der Waals surface area contributed by atoms with Gasteiger partial charge < -0.3 is 15.2 Å². The zero-order valence-electron chi connectivity index (χ0n) is 14.5. The Balaban J connectivity index is 2.15. The number of rotatable bonds is 3. The predicted molar refractivity (Wildman–Crippen MR) is 89.7 cm³/mol. The first-order valence-electron chi connectivity index (χ1n) is 8.49. The monoisotopic (exact) mass is 331 g/mol. The van der Waals surface area contributed by atoms with E-state index in [2.05, 4.69) is 5.32 Å². The van der Waals surface area contributed by atoms with Crippen molar-refractivity contribution in [2.75, 3.05) is 7.11 Å². The van der Waals surface area contributed by atoms with Gasteiger partial charge in [0.15, 0.2) is 5.78 Å². The molecule has 1 spiro atoms. The number of ether oxygens (including phenoxy) is 1. The minimum atomic E-state index is -1.06. The molecule has 5 nitrogen and oxygen atoms in total. The lowest BCUT2D eigenvalue weighted by Gasteiger charge is -2.48. The fourth-order valence-corrected chi connectivity index (χ4v) is 4.90. The molecule has 5 heteroatoms. The first-order chi connectivity index (χ1) is 11.3. The Kier molecular flexibility index (Phi) is 4.16. The molecular formula is C19H25NO4. The molecular weight excluding hydrogens is 306 g/mol. The number of phenolic OH excluding ortho intramolecular Hbond substituents is 1. The number of carbonyl (C=O) groups excluding carboxylic acids is 2. The summed E-state index contributed by atoms with van der Waals surface area (Å²) >= 11 is 0. The highest BCUT2D eigenvalue weighted by Gasteiger charge is 2.61. The van der Waals surface area contributed by atoms with Crippen molar-refractivity contribution in [1.29, 1.82) is 0 Å². The van der Waals surface area contributed by atoms with Crippen molar-refractivity contribution in [1.82, 2.24) is 5.32 Å². The molecule has 3 rings (SSSR count). The van der Waals surface area contributed by atoms with Crippen LogP contribution < -0.4 is 5.32 Å². The van der Waals surface area contributed by atoms with Gasteiger partial charge in [0.2, 0.25) is 5.91 Å². The number of hydrogen-bond acceptors (Lipinski definition) is 4. The topological polar surface area (TPSA) is 75.6 Å². The number of carbonyl (C=O) groups is 2. The van der Waals surface area contributed by atoms with Gasteiger partial charge in [-0.1, -0.05) is 6.07 Å². The second kappa shape index (κ2) is 5.88. The van der Waals surface area contributed by atoms with Crippen LogP contribution in [0.15, 0.2) is 18.2 Å². The normalized spacial score (nSPS) is 31.7. The molecule has 0 heterocycles. The van der Waals surface area contributed by atoms with E-state index in [4.69, 9.17) is 4.74 Å². The number of nitrogens with one attached hydrogen (secondary N) is 1. The molecule has 0 bridgehead atoms. The maximum atomic E-state index is 12.9. The van der Waals surface area contributed by atoms with Crippen LogP contribution in [-0.2, 0) is 26.3 Å². The van der Waals surface area contributed by atoms with Gasteiger partial charge in [0.25, 0.3) is 0 Å². The second-order valence-electron chi connectivity index (χ2n) is 7.22. The smallest absolute Gasteiger partial charge is 0.217 e. The molecule has 1 atom stereocenters. The number of ketones is 1. The van der Waals surface area contributed by atoms with E-state index in [9.17, 15) is 14.7 Å². The fourth-order valence-electron chi connectivity index (χ4n) is 4.90. The minimum absolute atomic E-state index is 0.0714. The van der Waals surface area contributed by atoms with Crippen molar-refractivity contribution in [3.63, 3.8) is 0 Å². The third-order valence-electron chi connectivity index (χ3n) is 5.94. The molecule has 130 valence electrons. The quantitative estimate of drug-likeness (QED) is 0.892. The van der Waals surface area contributed by atoms with Gasteiger partial charge >= 0.3 is 0 Å². The largest absolute Gasteiger partial charge is 0.508 e. The van der Waals surface area contributed by atoms with Crippen LogP contribution in [0.5, 0.6) is 5.75 Å². The fraction of sp³-hybridized carbons (Fsp3) is 0.579. The van der Waals surface area contributed by atoms with Gasteiger partial charge in [0.1, 0.15) is 11.3 Å². The van der Waals surface area contributed by atoms with Gasteiger partial charge in [-0.3, -0.25) is 9.59 Å². The molecule has 2 aliphatic carbocycles. The van der Waals surface area contributed by atoms with E-state index in [1.54, 1.807) is 26.2 Å². The van der Waals surface area contributed by atoms with Crippen LogP contribution in [0, 0.1) is 5.41 Å². The molecule has 0 aliphatic heterocycles. The zero-order valence-corrected chi connectivity index (χ0v) is 14.5. The molecule has 0 radical (unpaired) electrons. The molecule has 2 N–H and O–H groups in total. The number of Topliss-reactive ketones (excluding diaryl/α,β-unsaturated/α-hetero) is 1. The molecule has 1 amide bonds. The van der Waals surface area contributed by atoms with E-state index in [0.29, 0.717) is 0 Å². The van der Waals surface area contributed by atoms with Crippen LogP contribution in [0.25, 0.3) is 0 Å². The van der Waals surface area contributed by atoms with E-state index >= 15 is 0 Å². The minimum Gasteiger partial charge on any atom is -0.508 e. The molecule has 1 saturated carbocycles. The number of hydrogen-bond donors (Lipinski definition) is 2. The Bertz CT molecular complexity index is 676. The maximum absolute atomic E-state index is 12.9. The lowest BCUT2D eigenvalue weighted by Crippen LogP contribution is -2.60. The van der Waals surface area contributed by atoms with Gasteiger partial charge in [-0.15, -0.1) is 0 Å². The first-order valence-corrected chi connectivity index (χ1v) is 8.49. The van der Waals surface area contributed by atoms with Crippen molar-refractivity contribution in [2.24, 2.45) is 5.41 Å². The van der Waals surface area contributed by atoms with E-state index in [1.807, 2.05) is 6.07 Å². The molecule has 1 unspecified atom stereocenters. The molecule has 1 aromatic carbocycles. The lowest BCUT2D eigenvalue weighted by atomic mass is 9.60. The van der Waals surface area contributed by atoms with Crippen molar-refractivity contribution < 1.29 is 19.4 Å². The van der Waals surface area contributed by atoms with Crippen molar-refractivity contribution >= 4 is 11.7 Å². The van der Waals surface area contributed by atoms with Crippen LogP contribution >= 0.6 is 0 Å². The molecule has 2 aliphatic rings. The molecule has 0 aromatic heterocycles. The van der Waals surface area contributed by atoms with Crippen LogP contribution in [0.4, 0.5) is 0 Å². The lowest BCUT2D eigenvalue weighted by molar-refractivity contribution is -0.138. The van der Waals surface area contributed by atoms with E-state index in [1.165, 1.54) is 6.92 Å². The summed E-state index contributed by atoms with van der Waals surface area (Å²) in [5, 5.41) is 13.0. The van der Waals surface area contributed by atoms with Crippen molar-refractivity contribution in [2.45, 2.75) is 57.6 Å². The number of aromatic hydroxyl groups is 1. The highest BCUT2D eigenvalue weighted by Crippen LogP contribution is 2.58. The Labute approximate surface area is 142 Å². The number of fused-ring (bicyclic) bond motifs is 1. The van der Waals surface area contributed by atoms with Crippen LogP contribution in [0.2, 0.25) is 0 Å². The second-order valence-corrected chi connectivity index (χ2v) is 7.22. The van der Waals surface area contributed by atoms with Crippen molar-refractivity contribution in [3.8, 4) is 5.75 Å². The highest BCUT2D eigenvalue weighted by atomic mass is 16.5. The Hall–Kier alpha value is -1.88. The SMILES string of the molecule is COC1CCC2(CC1)Cc1ccc(O)cc1C2(NC(C)=O)C(C)=O. The van der Waals surface area contributed by atoms with Crippen LogP contribution in [0.3, 0.4) is 0 Å². The summed E-state index contributed by atoms with van der Waals surface area (Å²) in [6.07, 6.45) is 4.28. The Morgan fingerprint density at radius 2 is 1.92 bits per heavy atom. The zero-order chi connectivity index (χ0) is 17.5. The van der Waals surface area contributed by atoms with Gasteiger partial charge in [-0.2, -0.15) is 0 Å². The van der Waals surface area contributed by atoms with E-state index in [-0.39, 0.29) is 29.0 Å². The van der Waals surface area contributed by atoms with Crippen LogP contribution in [0.1, 0.15) is 50.7 Å². The molecule has 24 heavy (non-hydrogen) atoms. The summed E-state index contributed by atoms with van der Waals surface area (Å²) in [7, 11) is 1.72. The average molecular weight is 331 g/mol. The Morgan fingerprint density at radius 1 is 1.25 bits per heavy atom. The molecule has 1 fully saturated rings. The Morgan fingerprint density at radius 3 is 2.46 bits per heavy atom. The van der Waals surface area contributed by atoms with E-state index < -0.39 is 5.54 Å². The van der Waals surface area contributed by atoms with Crippen LogP contribution in [-0.4, -0.2) is 30.0 Å². The van der Waals surface area contributed by atoms with E-state index in [0.717, 1.165) is 43.2 Å². The average Bonchev–Trinajstić information content (AvgIpc) is 2.78. The number of phenols is 1. The number of methoxy groups -OCH3 is 1. The number of amides is 1. The maximum Gasteiger partial charge on any atom is 0.217 e. The standard InChI is InChI=1S/C19H25NO4/c1-12(21)19(20-13(2)22)17-10-15(23)5-4-14(17)11-18(19)8-6-16(24-3)7-9-18/h4-5,10,16,23H,6-9,11H2,1-3H3,(H,20,22). The third-order valence-corrected chi connectivity index (χ3v) is 5.94. The summed E-state index contributed by atoms with van der Waals surface area (Å²) in [6.45, 7) is 2.99. The summed E-state index contributed by atoms with van der Waals surface area (Å²) in [6, 6.07) is 5.17. The molecule has 0 saturated heterocycles. The highest BCUT2D eigenvalue weighted by molar-refractivity contribution is 5.94. The van der Waals surface area contributed by atoms with Gasteiger partial charge in [-0.05, 0) is 62.3 Å². The number of benzene rings is 1. The van der Waals surface area contributed by atoms with Gasteiger partial charge in [0, 0.05) is 19.4 Å². The summed E-state index contributed by atoms with van der Waals surface area (Å²) < 4.78 is 5.49. The third kappa shape index (κ3) is 2.34.